The Kier molecular flexibility index (Phi) is 7.35. The molecule has 34 heavy (non-hydrogen) atoms. The predicted octanol–water partition coefficient (Wildman–Crippen LogP) is 2.43. The Hall–Kier alpha value is -3.15. The lowest BCUT2D eigenvalue weighted by atomic mass is 10.3. The van der Waals surface area contributed by atoms with Gasteiger partial charge < -0.3 is 19.2 Å². The summed E-state index contributed by atoms with van der Waals surface area (Å²) in [7, 11) is -2.02. The third-order valence-corrected chi connectivity index (χ3v) is 7.49. The van der Waals surface area contributed by atoms with Gasteiger partial charge in [0.2, 0.25) is 15.9 Å². The minimum absolute atomic E-state index is 0.0362. The first kappa shape index (κ1) is 24.0. The van der Waals surface area contributed by atoms with Gasteiger partial charge in [0, 0.05) is 44.9 Å². The normalized spacial score (nSPS) is 14.5. The van der Waals surface area contributed by atoms with E-state index in [0.717, 1.165) is 12.8 Å². The highest BCUT2D eigenvalue weighted by molar-refractivity contribution is 7.89. The molecule has 0 bridgehead atoms. The Bertz CT molecular complexity index is 1310. The average molecular weight is 490 g/mol. The Morgan fingerprint density at radius 2 is 1.82 bits per heavy atom. The molecule has 4 rings (SSSR count). The summed E-state index contributed by atoms with van der Waals surface area (Å²) in [5.41, 5.74) is 1.22. The van der Waals surface area contributed by atoms with Crippen LogP contribution < -0.4 is 15.8 Å². The number of amides is 1. The molecule has 2 heterocycles. The number of hydrogen-bond acceptors (Lipinski definition) is 7. The van der Waals surface area contributed by atoms with Gasteiger partial charge in [-0.05, 0) is 49.2 Å². The minimum atomic E-state index is -3.62. The molecule has 0 saturated carbocycles. The van der Waals surface area contributed by atoms with E-state index >= 15 is 0 Å². The van der Waals surface area contributed by atoms with Gasteiger partial charge in [-0.15, -0.1) is 0 Å². The SMILES string of the molecule is COCCOc1ccc(NC(=O)CCn2c(=O)oc3cc(S(=O)(=O)N4CCCC4)ccc32)cc1. The summed E-state index contributed by atoms with van der Waals surface area (Å²) in [6, 6.07) is 11.3. The van der Waals surface area contributed by atoms with Crippen LogP contribution in [0.3, 0.4) is 0 Å². The minimum Gasteiger partial charge on any atom is -0.491 e. The van der Waals surface area contributed by atoms with Gasteiger partial charge in [0.15, 0.2) is 5.58 Å². The summed E-state index contributed by atoms with van der Waals surface area (Å²) in [6.45, 7) is 1.99. The van der Waals surface area contributed by atoms with Crippen LogP contribution in [-0.4, -0.2) is 56.6 Å². The fraction of sp³-hybridized carbons (Fsp3) is 0.391. The molecule has 1 saturated heterocycles. The number of nitrogens with zero attached hydrogens (tertiary/aromatic N) is 2. The van der Waals surface area contributed by atoms with E-state index in [4.69, 9.17) is 13.9 Å². The van der Waals surface area contributed by atoms with E-state index in [1.54, 1.807) is 37.4 Å². The van der Waals surface area contributed by atoms with Crippen LogP contribution in [0.15, 0.2) is 56.6 Å². The number of fused-ring (bicyclic) bond motifs is 1. The number of carbonyl (C=O) groups excluding carboxylic acids is 1. The Balaban J connectivity index is 1.40. The van der Waals surface area contributed by atoms with Crippen LogP contribution in [-0.2, 0) is 26.1 Å². The zero-order valence-corrected chi connectivity index (χ0v) is 19.7. The number of sulfonamides is 1. The summed E-state index contributed by atoms with van der Waals surface area (Å²) in [4.78, 5) is 24.8. The molecule has 0 aliphatic carbocycles. The number of carbonyl (C=O) groups is 1. The van der Waals surface area contributed by atoms with Gasteiger partial charge >= 0.3 is 5.76 Å². The molecule has 1 fully saturated rings. The monoisotopic (exact) mass is 489 g/mol. The lowest BCUT2D eigenvalue weighted by Crippen LogP contribution is -2.27. The second-order valence-corrected chi connectivity index (χ2v) is 9.86. The zero-order chi connectivity index (χ0) is 24.1. The molecule has 1 amide bonds. The molecule has 3 aromatic rings. The lowest BCUT2D eigenvalue weighted by Gasteiger charge is -2.15. The summed E-state index contributed by atoms with van der Waals surface area (Å²) in [5, 5.41) is 2.78. The highest BCUT2D eigenvalue weighted by Gasteiger charge is 2.28. The molecular formula is C23H27N3O7S. The number of methoxy groups -OCH3 is 1. The molecule has 0 spiro atoms. The maximum absolute atomic E-state index is 12.8. The first-order valence-electron chi connectivity index (χ1n) is 11.0. The van der Waals surface area contributed by atoms with E-state index in [1.165, 1.54) is 21.0 Å². The highest BCUT2D eigenvalue weighted by Crippen LogP contribution is 2.24. The van der Waals surface area contributed by atoms with Crippen molar-refractivity contribution in [1.82, 2.24) is 8.87 Å². The summed E-state index contributed by atoms with van der Waals surface area (Å²) in [5.74, 6) is -0.254. The molecular weight excluding hydrogens is 462 g/mol. The van der Waals surface area contributed by atoms with Crippen molar-refractivity contribution in [2.75, 3.05) is 38.7 Å². The number of oxazole rings is 1. The number of aryl methyl sites for hydroxylation is 1. The van der Waals surface area contributed by atoms with E-state index in [2.05, 4.69) is 5.32 Å². The van der Waals surface area contributed by atoms with Gasteiger partial charge in [-0.2, -0.15) is 4.31 Å². The maximum atomic E-state index is 12.8. The average Bonchev–Trinajstić information content (AvgIpc) is 3.47. The van der Waals surface area contributed by atoms with Crippen LogP contribution in [0.4, 0.5) is 5.69 Å². The Morgan fingerprint density at radius 3 is 2.53 bits per heavy atom. The number of aromatic nitrogens is 1. The van der Waals surface area contributed by atoms with E-state index in [0.29, 0.717) is 43.3 Å². The predicted molar refractivity (Wildman–Crippen MR) is 126 cm³/mol. The Morgan fingerprint density at radius 1 is 1.09 bits per heavy atom. The van der Waals surface area contributed by atoms with Gasteiger partial charge in [0.25, 0.3) is 0 Å². The molecule has 10 nitrogen and oxygen atoms in total. The number of hydrogen-bond donors (Lipinski definition) is 1. The van der Waals surface area contributed by atoms with Crippen molar-refractivity contribution in [1.29, 1.82) is 0 Å². The van der Waals surface area contributed by atoms with Gasteiger partial charge in [-0.1, -0.05) is 0 Å². The smallest absolute Gasteiger partial charge is 0.419 e. The first-order chi connectivity index (χ1) is 16.4. The summed E-state index contributed by atoms with van der Waals surface area (Å²) < 4.78 is 44.0. The quantitative estimate of drug-likeness (QED) is 0.434. The molecule has 1 aliphatic rings. The molecule has 1 N–H and O–H groups in total. The second-order valence-electron chi connectivity index (χ2n) is 7.92. The topological polar surface area (TPSA) is 120 Å². The van der Waals surface area contributed by atoms with Gasteiger partial charge in [-0.25, -0.2) is 13.2 Å². The van der Waals surface area contributed by atoms with Crippen LogP contribution in [0.25, 0.3) is 11.1 Å². The fourth-order valence-electron chi connectivity index (χ4n) is 3.81. The number of anilines is 1. The van der Waals surface area contributed by atoms with E-state index in [9.17, 15) is 18.0 Å². The first-order valence-corrected chi connectivity index (χ1v) is 12.5. The number of rotatable bonds is 10. The Labute approximate surface area is 197 Å². The highest BCUT2D eigenvalue weighted by atomic mass is 32.2. The van der Waals surface area contributed by atoms with Crippen molar-refractivity contribution in [2.45, 2.75) is 30.7 Å². The summed E-state index contributed by atoms with van der Waals surface area (Å²) >= 11 is 0. The van der Waals surface area contributed by atoms with Crippen molar-refractivity contribution in [3.63, 3.8) is 0 Å². The van der Waals surface area contributed by atoms with Crippen molar-refractivity contribution < 1.29 is 27.1 Å². The van der Waals surface area contributed by atoms with Gasteiger partial charge in [0.1, 0.15) is 12.4 Å². The maximum Gasteiger partial charge on any atom is 0.419 e. The molecule has 0 radical (unpaired) electrons. The van der Waals surface area contributed by atoms with Crippen LogP contribution in [0.1, 0.15) is 19.3 Å². The van der Waals surface area contributed by atoms with Gasteiger partial charge in [0.05, 0.1) is 17.0 Å². The molecule has 2 aromatic carbocycles. The second kappa shape index (κ2) is 10.4. The van der Waals surface area contributed by atoms with Crippen molar-refractivity contribution in [2.24, 2.45) is 0 Å². The van der Waals surface area contributed by atoms with Crippen LogP contribution in [0.5, 0.6) is 5.75 Å². The molecule has 0 atom stereocenters. The third kappa shape index (κ3) is 5.32. The van der Waals surface area contributed by atoms with Crippen molar-refractivity contribution in [3.8, 4) is 5.75 Å². The van der Waals surface area contributed by atoms with Gasteiger partial charge in [-0.3, -0.25) is 9.36 Å². The number of ether oxygens (including phenoxy) is 2. The van der Waals surface area contributed by atoms with E-state index in [1.807, 2.05) is 0 Å². The molecule has 1 aromatic heterocycles. The third-order valence-electron chi connectivity index (χ3n) is 5.60. The molecule has 1 aliphatic heterocycles. The number of nitrogens with one attached hydrogen (secondary N) is 1. The number of benzene rings is 2. The molecule has 0 unspecified atom stereocenters. The van der Waals surface area contributed by atoms with Crippen LogP contribution >= 0.6 is 0 Å². The molecule has 182 valence electrons. The summed E-state index contributed by atoms with van der Waals surface area (Å²) in [6.07, 6.45) is 1.71. The zero-order valence-electron chi connectivity index (χ0n) is 18.9. The van der Waals surface area contributed by atoms with Crippen LogP contribution in [0.2, 0.25) is 0 Å². The fourth-order valence-corrected chi connectivity index (χ4v) is 5.34. The molecule has 11 heteroatoms. The van der Waals surface area contributed by atoms with E-state index < -0.39 is 15.8 Å². The van der Waals surface area contributed by atoms with Crippen molar-refractivity contribution in [3.05, 3.63) is 53.0 Å². The van der Waals surface area contributed by atoms with Crippen LogP contribution in [0, 0.1) is 0 Å². The van der Waals surface area contributed by atoms with Crippen molar-refractivity contribution >= 4 is 32.7 Å². The lowest BCUT2D eigenvalue weighted by molar-refractivity contribution is -0.116. The van der Waals surface area contributed by atoms with E-state index in [-0.39, 0.29) is 29.4 Å². The standard InChI is InChI=1S/C23H27N3O7S/c1-31-14-15-32-18-6-4-17(5-7-18)24-22(27)10-13-26-20-9-8-19(16-21(20)33-23(26)28)34(29,30)25-11-2-3-12-25/h4-9,16H,2-3,10-15H2,1H3,(H,24,27). The largest absolute Gasteiger partial charge is 0.491 e.